The Morgan fingerprint density at radius 2 is 1.63 bits per heavy atom. The molecule has 0 radical (unpaired) electrons. The number of unbranched alkanes of at least 4 members (excludes halogenated alkanes) is 2. The zero-order chi connectivity index (χ0) is 38.8. The van der Waals surface area contributed by atoms with E-state index in [0.717, 1.165) is 56.3 Å². The molecule has 4 aromatic carbocycles. The molecule has 0 unspecified atom stereocenters. The van der Waals surface area contributed by atoms with Crippen molar-refractivity contribution < 1.29 is 28.8 Å². The molecule has 3 amide bonds. The third kappa shape index (κ3) is 9.81. The van der Waals surface area contributed by atoms with Gasteiger partial charge in [0.05, 0.1) is 35.6 Å². The van der Waals surface area contributed by atoms with E-state index < -0.39 is 10.8 Å². The Bertz CT molecular complexity index is 1960. The van der Waals surface area contributed by atoms with Gasteiger partial charge in [0.2, 0.25) is 5.91 Å². The molecule has 1 fully saturated rings. The van der Waals surface area contributed by atoms with Crippen molar-refractivity contribution in [2.45, 2.75) is 51.5 Å². The zero-order valence-electron chi connectivity index (χ0n) is 31.7. The molecule has 12 heteroatoms. The number of carbonyl (C=O) groups is 3. The van der Waals surface area contributed by atoms with Crippen LogP contribution in [-0.2, 0) is 4.79 Å². The van der Waals surface area contributed by atoms with Crippen LogP contribution in [0.5, 0.6) is 11.5 Å². The van der Waals surface area contributed by atoms with E-state index in [2.05, 4.69) is 24.3 Å². The number of anilines is 2. The average Bonchev–Trinajstić information content (AvgIpc) is 3.18. The molecule has 0 aromatic heterocycles. The van der Waals surface area contributed by atoms with Crippen molar-refractivity contribution in [1.82, 2.24) is 9.80 Å². The van der Waals surface area contributed by atoms with Crippen LogP contribution < -0.4 is 19.7 Å². The number of rotatable bonds is 15. The fourth-order valence-electron chi connectivity index (χ4n) is 6.66. The van der Waals surface area contributed by atoms with Gasteiger partial charge in [-0.2, -0.15) is 0 Å². The maximum absolute atomic E-state index is 13.8. The summed E-state index contributed by atoms with van der Waals surface area (Å²) in [5.74, 6) is 0.151. The normalized spacial score (nSPS) is 13.0. The van der Waals surface area contributed by atoms with Crippen molar-refractivity contribution >= 4 is 34.8 Å². The minimum absolute atomic E-state index is 0.119. The minimum atomic E-state index is -0.569. The summed E-state index contributed by atoms with van der Waals surface area (Å²) in [5.41, 5.74) is 3.35. The molecule has 284 valence electrons. The van der Waals surface area contributed by atoms with Gasteiger partial charge in [0.25, 0.3) is 17.5 Å². The molecule has 1 N–H and O–H groups in total. The summed E-state index contributed by atoms with van der Waals surface area (Å²) in [5, 5.41) is 14.4. The van der Waals surface area contributed by atoms with Gasteiger partial charge >= 0.3 is 0 Å². The van der Waals surface area contributed by atoms with E-state index in [1.54, 1.807) is 31.3 Å². The lowest BCUT2D eigenvalue weighted by molar-refractivity contribution is -0.384. The third-order valence-corrected chi connectivity index (χ3v) is 9.86. The number of amides is 3. The number of hydrogen-bond acceptors (Lipinski definition) is 8. The first-order chi connectivity index (χ1) is 26.0. The van der Waals surface area contributed by atoms with Crippen LogP contribution in [-0.4, -0.2) is 86.4 Å². The van der Waals surface area contributed by atoms with E-state index in [4.69, 9.17) is 9.47 Å². The molecular weight excluding hydrogens is 686 g/mol. The van der Waals surface area contributed by atoms with Gasteiger partial charge in [-0.25, -0.2) is 0 Å². The monoisotopic (exact) mass is 735 g/mol. The van der Waals surface area contributed by atoms with E-state index in [-0.39, 0.29) is 28.8 Å². The maximum Gasteiger partial charge on any atom is 0.270 e. The van der Waals surface area contributed by atoms with Crippen LogP contribution in [0.3, 0.4) is 0 Å². The number of likely N-dealkylation sites (tertiary alicyclic amines) is 1. The van der Waals surface area contributed by atoms with Gasteiger partial charge in [-0.1, -0.05) is 36.4 Å². The van der Waals surface area contributed by atoms with Crippen LogP contribution in [0.1, 0.15) is 64.8 Å². The number of non-ortho nitro benzene ring substituents is 1. The number of carbonyl (C=O) groups excluding carboxylic acids is 3. The molecule has 5 rings (SSSR count). The number of nitrogens with one attached hydrogen (secondary N) is 1. The fourth-order valence-corrected chi connectivity index (χ4v) is 6.66. The predicted molar refractivity (Wildman–Crippen MR) is 211 cm³/mol. The lowest BCUT2D eigenvalue weighted by atomic mass is 9.98. The first kappa shape index (κ1) is 39.5. The number of benzene rings is 4. The van der Waals surface area contributed by atoms with Gasteiger partial charge < -0.3 is 29.5 Å². The van der Waals surface area contributed by atoms with Gasteiger partial charge in [0, 0.05) is 50.3 Å². The molecule has 1 aliphatic rings. The number of ether oxygens (including phenoxy) is 2. The van der Waals surface area contributed by atoms with Crippen molar-refractivity contribution in [3.05, 3.63) is 112 Å². The number of nitro benzene ring substituents is 1. The molecule has 12 nitrogen and oxygen atoms in total. The van der Waals surface area contributed by atoms with Crippen LogP contribution in [0.25, 0.3) is 11.1 Å². The molecule has 4 aromatic rings. The lowest BCUT2D eigenvalue weighted by Crippen LogP contribution is -2.44. The average molecular weight is 736 g/mol. The summed E-state index contributed by atoms with van der Waals surface area (Å²) in [6.07, 6.45) is 4.99. The van der Waals surface area contributed by atoms with Crippen molar-refractivity contribution in [2.24, 2.45) is 0 Å². The minimum Gasteiger partial charge on any atom is -0.495 e. The Kier molecular flexibility index (Phi) is 13.4. The van der Waals surface area contributed by atoms with Crippen molar-refractivity contribution in [1.29, 1.82) is 0 Å². The van der Waals surface area contributed by atoms with Gasteiger partial charge in [-0.3, -0.25) is 24.5 Å². The van der Waals surface area contributed by atoms with Gasteiger partial charge in [-0.05, 0) is 106 Å². The lowest BCUT2D eigenvalue weighted by Gasteiger charge is -2.35. The summed E-state index contributed by atoms with van der Waals surface area (Å²) >= 11 is 0. The highest BCUT2D eigenvalue weighted by molar-refractivity contribution is 6.11. The quantitative estimate of drug-likeness (QED) is 0.0750. The van der Waals surface area contributed by atoms with Crippen molar-refractivity contribution in [3.63, 3.8) is 0 Å². The highest BCUT2D eigenvalue weighted by Gasteiger charge is 2.24. The number of nitrogens with zero attached hydrogens (tertiary/aromatic N) is 4. The number of hydrogen-bond donors (Lipinski definition) is 1. The second kappa shape index (κ2) is 18.3. The van der Waals surface area contributed by atoms with Gasteiger partial charge in [-0.15, -0.1) is 0 Å². The molecule has 0 aliphatic carbocycles. The van der Waals surface area contributed by atoms with Crippen LogP contribution in [0.4, 0.5) is 17.1 Å². The number of aryl methyl sites for hydroxylation is 1. The Labute approximate surface area is 316 Å². The van der Waals surface area contributed by atoms with Crippen molar-refractivity contribution in [3.8, 4) is 22.6 Å². The molecule has 0 spiro atoms. The SMILES string of the molecule is COc1cc(C(=O)N(C)c2ccc(C)cc2OCCCCCC(=O)N2CCC(N(C)C)CC2)ccc1NC(=O)c1cc([N+](=O)[O-])ccc1-c1ccccc1. The first-order valence-corrected chi connectivity index (χ1v) is 18.3. The number of piperidine rings is 1. The molecule has 0 saturated carbocycles. The summed E-state index contributed by atoms with van der Waals surface area (Å²) in [7, 11) is 7.29. The third-order valence-electron chi connectivity index (χ3n) is 9.86. The Morgan fingerprint density at radius 1 is 0.889 bits per heavy atom. The summed E-state index contributed by atoms with van der Waals surface area (Å²) in [6.45, 7) is 4.04. The summed E-state index contributed by atoms with van der Waals surface area (Å²) in [6, 6.07) is 24.2. The molecule has 1 saturated heterocycles. The van der Waals surface area contributed by atoms with Crippen molar-refractivity contribution in [2.75, 3.05) is 58.2 Å². The largest absolute Gasteiger partial charge is 0.495 e. The zero-order valence-corrected chi connectivity index (χ0v) is 31.7. The Balaban J connectivity index is 1.21. The smallest absolute Gasteiger partial charge is 0.270 e. The predicted octanol–water partition coefficient (Wildman–Crippen LogP) is 7.60. The van der Waals surface area contributed by atoms with Crippen LogP contribution in [0, 0.1) is 17.0 Å². The molecule has 54 heavy (non-hydrogen) atoms. The molecule has 1 aliphatic heterocycles. The van der Waals surface area contributed by atoms with E-state index in [1.807, 2.05) is 60.4 Å². The number of nitro groups is 1. The first-order valence-electron chi connectivity index (χ1n) is 18.3. The standard InChI is InChI=1S/C42H49N5O7/c1-29-15-20-37(39(26-29)54-25-11-7-10-14-40(48)46-23-21-32(22-24-46)44(2)3)45(4)42(50)31-16-19-36(38(27-31)53-5)43-41(49)35-28-33(47(51)52)17-18-34(35)30-12-8-6-9-13-30/h6,8-9,12-13,15-20,26-28,32H,7,10-11,14,21-25H2,1-5H3,(H,43,49). The molecule has 1 heterocycles. The second-order valence-electron chi connectivity index (χ2n) is 13.8. The highest BCUT2D eigenvalue weighted by atomic mass is 16.6. The van der Waals surface area contributed by atoms with E-state index in [1.165, 1.54) is 24.1 Å². The fraction of sp³-hybridized carbons (Fsp3) is 0.357. The van der Waals surface area contributed by atoms with E-state index >= 15 is 0 Å². The van der Waals surface area contributed by atoms with E-state index in [9.17, 15) is 24.5 Å². The Hall–Kier alpha value is -5.75. The van der Waals surface area contributed by atoms with E-state index in [0.29, 0.717) is 47.3 Å². The maximum atomic E-state index is 13.8. The molecular formula is C42H49N5O7. The second-order valence-corrected chi connectivity index (χ2v) is 13.8. The topological polar surface area (TPSA) is 135 Å². The Morgan fingerprint density at radius 3 is 2.31 bits per heavy atom. The van der Waals surface area contributed by atoms with Crippen LogP contribution >= 0.6 is 0 Å². The summed E-state index contributed by atoms with van der Waals surface area (Å²) < 4.78 is 11.8. The molecule has 0 bridgehead atoms. The van der Waals surface area contributed by atoms with Gasteiger partial charge in [0.15, 0.2) is 0 Å². The van der Waals surface area contributed by atoms with Gasteiger partial charge in [0.1, 0.15) is 11.5 Å². The summed E-state index contributed by atoms with van der Waals surface area (Å²) in [4.78, 5) is 56.9. The molecule has 0 atom stereocenters. The number of methoxy groups -OCH3 is 1. The highest BCUT2D eigenvalue weighted by Crippen LogP contribution is 2.33. The van der Waals surface area contributed by atoms with Crippen LogP contribution in [0.2, 0.25) is 0 Å². The van der Waals surface area contributed by atoms with Crippen LogP contribution in [0.15, 0.2) is 84.9 Å².